The fourth-order valence-electron chi connectivity index (χ4n) is 3.87. The number of hydrogen-bond donors (Lipinski definition) is 2. The maximum Gasteiger partial charge on any atom is 0.229 e. The minimum atomic E-state index is -0.0201. The second-order valence-electron chi connectivity index (χ2n) is 8.29. The molecular formula is C25H35N3O2. The van der Waals surface area contributed by atoms with Gasteiger partial charge in [-0.15, -0.1) is 0 Å². The van der Waals surface area contributed by atoms with Crippen molar-refractivity contribution in [3.8, 4) is 5.75 Å². The number of rotatable bonds is 4. The molecule has 0 saturated carbocycles. The second kappa shape index (κ2) is 11.0. The van der Waals surface area contributed by atoms with Crippen LogP contribution in [0.1, 0.15) is 51.5 Å². The summed E-state index contributed by atoms with van der Waals surface area (Å²) in [5.41, 5.74) is 4.16. The van der Waals surface area contributed by atoms with Crippen LogP contribution < -0.4 is 20.3 Å². The number of nitrogens with zero attached hydrogens (tertiary/aromatic N) is 1. The Morgan fingerprint density at radius 2 is 1.80 bits per heavy atom. The van der Waals surface area contributed by atoms with Crippen molar-refractivity contribution in [2.24, 2.45) is 5.92 Å². The molecule has 0 aromatic heterocycles. The van der Waals surface area contributed by atoms with Crippen LogP contribution in [0.3, 0.4) is 0 Å². The van der Waals surface area contributed by atoms with Gasteiger partial charge in [0, 0.05) is 42.1 Å². The quantitative estimate of drug-likeness (QED) is 0.702. The largest absolute Gasteiger partial charge is 0.497 e. The summed E-state index contributed by atoms with van der Waals surface area (Å²) in [6, 6.07) is 14.2. The van der Waals surface area contributed by atoms with Gasteiger partial charge in [0.1, 0.15) is 5.75 Å². The average molecular weight is 410 g/mol. The van der Waals surface area contributed by atoms with E-state index >= 15 is 0 Å². The smallest absolute Gasteiger partial charge is 0.229 e. The summed E-state index contributed by atoms with van der Waals surface area (Å²) in [5.74, 6) is 0.997. The van der Waals surface area contributed by atoms with Crippen molar-refractivity contribution >= 4 is 23.0 Å². The van der Waals surface area contributed by atoms with Crippen LogP contribution in [0.15, 0.2) is 42.5 Å². The van der Waals surface area contributed by atoms with E-state index in [4.69, 9.17) is 4.74 Å². The Bertz CT molecular complexity index is 835. The van der Waals surface area contributed by atoms with E-state index in [1.807, 2.05) is 43.0 Å². The zero-order valence-corrected chi connectivity index (χ0v) is 18.5. The molecule has 5 nitrogen and oxygen atoms in total. The molecule has 1 heterocycles. The van der Waals surface area contributed by atoms with Gasteiger partial charge in [0.15, 0.2) is 0 Å². The molecule has 0 atom stereocenters. The van der Waals surface area contributed by atoms with E-state index in [0.29, 0.717) is 0 Å². The molecule has 1 aliphatic rings. The predicted molar refractivity (Wildman–Crippen MR) is 125 cm³/mol. The summed E-state index contributed by atoms with van der Waals surface area (Å²) < 4.78 is 5.33. The number of carbonyl (C=O) groups excluding carboxylic acids is 1. The Labute approximate surface area is 180 Å². The SMILES string of the molecule is COc1cccc(Nc2ccc3c(c2)CNCCCCCCCN3C(=O)C(C)C)c1. The first-order chi connectivity index (χ1) is 14.6. The number of nitrogens with one attached hydrogen (secondary N) is 2. The first-order valence-electron chi connectivity index (χ1n) is 11.1. The third-order valence-electron chi connectivity index (χ3n) is 5.54. The van der Waals surface area contributed by atoms with Crippen LogP contribution in [-0.2, 0) is 11.3 Å². The van der Waals surface area contributed by atoms with Crippen LogP contribution >= 0.6 is 0 Å². The lowest BCUT2D eigenvalue weighted by molar-refractivity contribution is -0.121. The number of methoxy groups -OCH3 is 1. The van der Waals surface area contributed by atoms with E-state index in [-0.39, 0.29) is 11.8 Å². The maximum atomic E-state index is 13.0. The summed E-state index contributed by atoms with van der Waals surface area (Å²) >= 11 is 0. The molecule has 2 N–H and O–H groups in total. The Hall–Kier alpha value is -2.53. The number of fused-ring (bicyclic) bond motifs is 1. The first kappa shape index (κ1) is 22.2. The van der Waals surface area contributed by atoms with Gasteiger partial charge in [-0.05, 0) is 55.3 Å². The summed E-state index contributed by atoms with van der Waals surface area (Å²) in [6.07, 6.45) is 5.91. The van der Waals surface area contributed by atoms with Gasteiger partial charge in [0.05, 0.1) is 7.11 Å². The van der Waals surface area contributed by atoms with Crippen LogP contribution in [0.25, 0.3) is 0 Å². The molecule has 2 aromatic rings. The molecule has 0 spiro atoms. The fraction of sp³-hybridized carbons (Fsp3) is 0.480. The fourth-order valence-corrected chi connectivity index (χ4v) is 3.87. The van der Waals surface area contributed by atoms with Crippen molar-refractivity contribution in [1.29, 1.82) is 0 Å². The molecule has 1 aliphatic heterocycles. The molecule has 0 fully saturated rings. The van der Waals surface area contributed by atoms with Crippen molar-refractivity contribution in [2.75, 3.05) is 30.4 Å². The lowest BCUT2D eigenvalue weighted by atomic mass is 10.1. The molecule has 0 bridgehead atoms. The maximum absolute atomic E-state index is 13.0. The van der Waals surface area contributed by atoms with Gasteiger partial charge >= 0.3 is 0 Å². The van der Waals surface area contributed by atoms with E-state index in [2.05, 4.69) is 28.8 Å². The second-order valence-corrected chi connectivity index (χ2v) is 8.29. The highest BCUT2D eigenvalue weighted by Crippen LogP contribution is 2.29. The highest BCUT2D eigenvalue weighted by Gasteiger charge is 2.21. The van der Waals surface area contributed by atoms with E-state index in [1.165, 1.54) is 25.7 Å². The number of carbonyl (C=O) groups is 1. The van der Waals surface area contributed by atoms with E-state index in [1.54, 1.807) is 7.11 Å². The number of amides is 1. The van der Waals surface area contributed by atoms with E-state index in [0.717, 1.165) is 54.4 Å². The average Bonchev–Trinajstić information content (AvgIpc) is 2.74. The van der Waals surface area contributed by atoms with Crippen molar-refractivity contribution in [3.63, 3.8) is 0 Å². The monoisotopic (exact) mass is 409 g/mol. The summed E-state index contributed by atoms with van der Waals surface area (Å²) in [6.45, 7) is 6.51. The predicted octanol–water partition coefficient (Wildman–Crippen LogP) is 5.48. The highest BCUT2D eigenvalue weighted by atomic mass is 16.5. The molecular weight excluding hydrogens is 374 g/mol. The summed E-state index contributed by atoms with van der Waals surface area (Å²) in [4.78, 5) is 15.0. The van der Waals surface area contributed by atoms with Gasteiger partial charge in [0.2, 0.25) is 5.91 Å². The van der Waals surface area contributed by atoms with Crippen molar-refractivity contribution < 1.29 is 9.53 Å². The van der Waals surface area contributed by atoms with Gasteiger partial charge in [-0.3, -0.25) is 4.79 Å². The highest BCUT2D eigenvalue weighted by molar-refractivity contribution is 5.95. The van der Waals surface area contributed by atoms with Gasteiger partial charge < -0.3 is 20.3 Å². The number of anilines is 3. The van der Waals surface area contributed by atoms with Crippen LogP contribution in [0.2, 0.25) is 0 Å². The Morgan fingerprint density at radius 1 is 1.03 bits per heavy atom. The van der Waals surface area contributed by atoms with Gasteiger partial charge in [-0.25, -0.2) is 0 Å². The molecule has 1 amide bonds. The Balaban J connectivity index is 1.90. The van der Waals surface area contributed by atoms with Crippen LogP contribution in [0.5, 0.6) is 5.75 Å². The topological polar surface area (TPSA) is 53.6 Å². The minimum Gasteiger partial charge on any atom is -0.497 e. The third kappa shape index (κ3) is 5.99. The first-order valence-corrected chi connectivity index (χ1v) is 11.1. The molecule has 5 heteroatoms. The molecule has 3 rings (SSSR count). The van der Waals surface area contributed by atoms with Crippen molar-refractivity contribution in [3.05, 3.63) is 48.0 Å². The van der Waals surface area contributed by atoms with Gasteiger partial charge in [-0.1, -0.05) is 39.2 Å². The summed E-state index contributed by atoms with van der Waals surface area (Å²) in [5, 5.41) is 7.04. The van der Waals surface area contributed by atoms with Gasteiger partial charge in [-0.2, -0.15) is 0 Å². The summed E-state index contributed by atoms with van der Waals surface area (Å²) in [7, 11) is 1.67. The molecule has 0 aliphatic carbocycles. The number of ether oxygens (including phenoxy) is 1. The van der Waals surface area contributed by atoms with Crippen molar-refractivity contribution in [2.45, 2.75) is 52.5 Å². The normalized spacial score (nSPS) is 15.7. The Morgan fingerprint density at radius 3 is 2.60 bits per heavy atom. The lowest BCUT2D eigenvalue weighted by Gasteiger charge is -2.28. The van der Waals surface area contributed by atoms with E-state index < -0.39 is 0 Å². The molecule has 162 valence electrons. The van der Waals surface area contributed by atoms with Crippen LogP contribution in [0, 0.1) is 5.92 Å². The standard InChI is InChI=1S/C25H35N3O2/c1-19(2)25(29)28-15-8-6-4-5-7-14-26-18-20-16-22(12-13-24(20)28)27-21-10-9-11-23(17-21)30-3/h9-13,16-17,19,26-27H,4-8,14-15,18H2,1-3H3. The lowest BCUT2D eigenvalue weighted by Crippen LogP contribution is -2.36. The zero-order valence-electron chi connectivity index (χ0n) is 18.5. The molecule has 0 saturated heterocycles. The molecule has 2 aromatic carbocycles. The molecule has 0 unspecified atom stereocenters. The third-order valence-corrected chi connectivity index (χ3v) is 5.54. The van der Waals surface area contributed by atoms with E-state index in [9.17, 15) is 4.79 Å². The van der Waals surface area contributed by atoms with Gasteiger partial charge in [0.25, 0.3) is 0 Å². The Kier molecular flexibility index (Phi) is 8.14. The number of benzene rings is 2. The van der Waals surface area contributed by atoms with Crippen LogP contribution in [-0.4, -0.2) is 26.1 Å². The van der Waals surface area contributed by atoms with Crippen LogP contribution in [0.4, 0.5) is 17.1 Å². The van der Waals surface area contributed by atoms with Crippen molar-refractivity contribution in [1.82, 2.24) is 5.32 Å². The minimum absolute atomic E-state index is 0.0201. The number of hydrogen-bond acceptors (Lipinski definition) is 4. The molecule has 0 radical (unpaired) electrons. The molecule has 30 heavy (non-hydrogen) atoms. The zero-order chi connectivity index (χ0) is 21.3.